The largest absolute Gasteiger partial charge is 0.444 e. The molecule has 1 unspecified atom stereocenters. The van der Waals surface area contributed by atoms with E-state index >= 15 is 0 Å². The maximum atomic E-state index is 14.0. The molecule has 0 saturated carbocycles. The highest BCUT2D eigenvalue weighted by molar-refractivity contribution is 7.07. The summed E-state index contributed by atoms with van der Waals surface area (Å²) in [6.45, 7) is 10.3. The maximum Gasteiger partial charge on any atom is 0.408 e. The molecule has 2 aliphatic heterocycles. The summed E-state index contributed by atoms with van der Waals surface area (Å²) in [5, 5.41) is 6.73. The van der Waals surface area contributed by atoms with Gasteiger partial charge in [-0.25, -0.2) is 4.79 Å². The zero-order valence-electron chi connectivity index (χ0n) is 23.5. The van der Waals surface area contributed by atoms with Crippen molar-refractivity contribution in [2.75, 3.05) is 16.3 Å². The Morgan fingerprint density at radius 1 is 1.18 bits per heavy atom. The van der Waals surface area contributed by atoms with Crippen LogP contribution in [0.5, 0.6) is 0 Å². The number of hydrogen-bond acceptors (Lipinski definition) is 6. The first-order valence-corrected chi connectivity index (χ1v) is 14.6. The van der Waals surface area contributed by atoms with Crippen molar-refractivity contribution in [3.63, 3.8) is 0 Å². The zero-order valence-corrected chi connectivity index (χ0v) is 24.3. The predicted octanol–water partition coefficient (Wildman–Crippen LogP) is 5.48. The number of carbonyl (C=O) groups is 4. The second-order valence-corrected chi connectivity index (χ2v) is 12.7. The molecule has 4 rings (SSSR count). The smallest absolute Gasteiger partial charge is 0.408 e. The molecule has 8 nitrogen and oxygen atoms in total. The summed E-state index contributed by atoms with van der Waals surface area (Å²) in [6, 6.07) is 7.05. The number of rotatable bonds is 9. The second kappa shape index (κ2) is 11.9. The lowest BCUT2D eigenvalue weighted by molar-refractivity contribution is -0.129. The fourth-order valence-corrected chi connectivity index (χ4v) is 5.98. The van der Waals surface area contributed by atoms with Gasteiger partial charge in [0.1, 0.15) is 5.60 Å². The highest BCUT2D eigenvalue weighted by Gasteiger charge is 2.39. The van der Waals surface area contributed by atoms with Gasteiger partial charge in [0.25, 0.3) is 0 Å². The third kappa shape index (κ3) is 7.06. The Kier molecular flexibility index (Phi) is 8.79. The fraction of sp³-hybridized carbons (Fsp3) is 0.533. The molecule has 3 heterocycles. The van der Waals surface area contributed by atoms with Crippen LogP contribution < -0.4 is 15.1 Å². The average Bonchev–Trinajstić information content (AvgIpc) is 3.51. The summed E-state index contributed by atoms with van der Waals surface area (Å²) in [4.78, 5) is 56.2. The monoisotopic (exact) mass is 553 g/mol. The number of nitrogens with zero attached hydrogens (tertiary/aromatic N) is 2. The lowest BCUT2D eigenvalue weighted by atomic mass is 9.85. The van der Waals surface area contributed by atoms with Crippen LogP contribution in [0.1, 0.15) is 71.4 Å². The molecule has 1 aromatic heterocycles. The van der Waals surface area contributed by atoms with Gasteiger partial charge >= 0.3 is 6.09 Å². The number of anilines is 2. The number of Topliss-reactive ketones (excluding diaryl/α,β-unsaturated/α-hetero) is 1. The summed E-state index contributed by atoms with van der Waals surface area (Å²) in [6.07, 6.45) is 1.52. The van der Waals surface area contributed by atoms with Gasteiger partial charge in [-0.3, -0.25) is 14.4 Å². The van der Waals surface area contributed by atoms with Gasteiger partial charge in [0, 0.05) is 25.3 Å². The Labute approximate surface area is 234 Å². The molecule has 1 fully saturated rings. The number of para-hydroxylation sites is 1. The third-order valence-corrected chi connectivity index (χ3v) is 7.70. The summed E-state index contributed by atoms with van der Waals surface area (Å²) in [7, 11) is 0. The van der Waals surface area contributed by atoms with Crippen molar-refractivity contribution in [1.82, 2.24) is 5.32 Å². The van der Waals surface area contributed by atoms with Crippen molar-refractivity contribution in [3.05, 3.63) is 46.2 Å². The minimum atomic E-state index is -0.743. The van der Waals surface area contributed by atoms with E-state index in [1.807, 2.05) is 48.9 Å². The van der Waals surface area contributed by atoms with Crippen LogP contribution in [-0.2, 0) is 32.1 Å². The Bertz CT molecular complexity index is 1220. The molecule has 1 saturated heterocycles. The number of amides is 3. The van der Waals surface area contributed by atoms with Crippen molar-refractivity contribution in [1.29, 1.82) is 0 Å². The van der Waals surface area contributed by atoms with Gasteiger partial charge in [0.15, 0.2) is 5.78 Å². The van der Waals surface area contributed by atoms with Crippen LogP contribution in [0.4, 0.5) is 16.2 Å². The number of ketones is 1. The topological polar surface area (TPSA) is 96.0 Å². The lowest BCUT2D eigenvalue weighted by Crippen LogP contribution is -2.47. The third-order valence-electron chi connectivity index (χ3n) is 6.97. The van der Waals surface area contributed by atoms with Gasteiger partial charge in [-0.2, -0.15) is 11.3 Å². The van der Waals surface area contributed by atoms with E-state index in [1.165, 1.54) is 0 Å². The molecule has 1 N–H and O–H groups in total. The molecule has 210 valence electrons. The molecular formula is C30H39N3O5S. The number of alkyl carbamates (subject to hydrolysis) is 1. The molecule has 0 bridgehead atoms. The zero-order chi connectivity index (χ0) is 28.3. The van der Waals surface area contributed by atoms with Crippen LogP contribution in [0.2, 0.25) is 0 Å². The molecule has 0 spiro atoms. The number of carbonyl (C=O) groups excluding carboxylic acids is 4. The average molecular weight is 554 g/mol. The molecule has 0 aliphatic carbocycles. The summed E-state index contributed by atoms with van der Waals surface area (Å²) in [5.74, 6) is -0.664. The number of fused-ring (bicyclic) bond motifs is 1. The van der Waals surface area contributed by atoms with Gasteiger partial charge in [0.05, 0.1) is 24.0 Å². The highest BCUT2D eigenvalue weighted by Crippen LogP contribution is 2.42. The number of hydrogen-bond donors (Lipinski definition) is 1. The van der Waals surface area contributed by atoms with Crippen molar-refractivity contribution in [2.45, 2.75) is 84.9 Å². The van der Waals surface area contributed by atoms with Gasteiger partial charge in [-0.1, -0.05) is 26.0 Å². The van der Waals surface area contributed by atoms with E-state index in [2.05, 4.69) is 5.32 Å². The van der Waals surface area contributed by atoms with E-state index in [9.17, 15) is 19.2 Å². The predicted molar refractivity (Wildman–Crippen MR) is 153 cm³/mol. The minimum absolute atomic E-state index is 0.0124. The molecule has 2 atom stereocenters. The van der Waals surface area contributed by atoms with Crippen LogP contribution in [0.3, 0.4) is 0 Å². The van der Waals surface area contributed by atoms with Crippen molar-refractivity contribution < 1.29 is 23.9 Å². The van der Waals surface area contributed by atoms with Gasteiger partial charge < -0.3 is 19.9 Å². The number of ether oxygens (including phenoxy) is 1. The molecule has 0 radical (unpaired) electrons. The summed E-state index contributed by atoms with van der Waals surface area (Å²) in [5.41, 5.74) is 2.78. The molecule has 3 amide bonds. The lowest BCUT2D eigenvalue weighted by Gasteiger charge is -2.37. The summed E-state index contributed by atoms with van der Waals surface area (Å²) >= 11 is 1.56. The Balaban J connectivity index is 1.61. The standard InChI is InChI=1S/C30H39N3O5S/c1-19(2)14-23(31-29(37)38-30(3,4)5)25(34)16-22-15-21-8-6-9-24(32-12-7-10-26(32)35)27(21)33(28(22)36)17-20-11-13-39-18-20/h6,8-9,11,13,18-19,22-23H,7,10,12,14-17H2,1-5H3,(H,31,37)/t22?,23-/m1/s1. The highest BCUT2D eigenvalue weighted by atomic mass is 32.1. The molecule has 2 aliphatic rings. The Morgan fingerprint density at radius 3 is 2.56 bits per heavy atom. The molecular weight excluding hydrogens is 514 g/mol. The second-order valence-electron chi connectivity index (χ2n) is 11.9. The van der Waals surface area contributed by atoms with E-state index in [1.54, 1.807) is 41.9 Å². The fourth-order valence-electron chi connectivity index (χ4n) is 5.32. The van der Waals surface area contributed by atoms with E-state index in [0.29, 0.717) is 32.4 Å². The van der Waals surface area contributed by atoms with Gasteiger partial charge in [-0.05, 0) is 80.0 Å². The van der Waals surface area contributed by atoms with Crippen molar-refractivity contribution in [3.8, 4) is 0 Å². The van der Waals surface area contributed by atoms with Crippen LogP contribution in [0.25, 0.3) is 0 Å². The summed E-state index contributed by atoms with van der Waals surface area (Å²) < 4.78 is 5.40. The minimum Gasteiger partial charge on any atom is -0.444 e. The first kappa shape index (κ1) is 28.8. The van der Waals surface area contributed by atoms with Gasteiger partial charge in [-0.15, -0.1) is 0 Å². The van der Waals surface area contributed by atoms with E-state index < -0.39 is 23.7 Å². The normalized spacial score (nSPS) is 18.4. The number of nitrogens with one attached hydrogen (secondary N) is 1. The molecule has 39 heavy (non-hydrogen) atoms. The SMILES string of the molecule is CC(C)C[C@@H](NC(=O)OC(C)(C)C)C(=O)CC1Cc2cccc(N3CCCC3=O)c2N(Cc2ccsc2)C1=O. The first-order chi connectivity index (χ1) is 18.4. The van der Waals surface area contributed by atoms with Crippen LogP contribution in [-0.4, -0.2) is 41.9 Å². The number of benzene rings is 1. The van der Waals surface area contributed by atoms with E-state index in [-0.39, 0.29) is 29.9 Å². The van der Waals surface area contributed by atoms with Crippen LogP contribution in [0, 0.1) is 11.8 Å². The van der Waals surface area contributed by atoms with Crippen molar-refractivity contribution >= 4 is 46.4 Å². The first-order valence-electron chi connectivity index (χ1n) is 13.7. The number of thiophene rings is 1. The van der Waals surface area contributed by atoms with Crippen molar-refractivity contribution in [2.24, 2.45) is 11.8 Å². The van der Waals surface area contributed by atoms with Crippen LogP contribution >= 0.6 is 11.3 Å². The molecule has 9 heteroatoms. The van der Waals surface area contributed by atoms with Crippen LogP contribution in [0.15, 0.2) is 35.0 Å². The molecule has 1 aromatic carbocycles. The Morgan fingerprint density at radius 2 is 1.95 bits per heavy atom. The van der Waals surface area contributed by atoms with E-state index in [4.69, 9.17) is 4.74 Å². The maximum absolute atomic E-state index is 14.0. The Hall–Kier alpha value is -3.20. The quantitative estimate of drug-likeness (QED) is 0.444. The molecule has 2 aromatic rings. The van der Waals surface area contributed by atoms with E-state index in [0.717, 1.165) is 28.9 Å². The van der Waals surface area contributed by atoms with Gasteiger partial charge in [0.2, 0.25) is 11.8 Å².